The van der Waals surface area contributed by atoms with Gasteiger partial charge in [0.25, 0.3) is 5.56 Å². The molecule has 0 fully saturated rings. The number of pyridine rings is 1. The lowest BCUT2D eigenvalue weighted by molar-refractivity contribution is -0.137. The van der Waals surface area contributed by atoms with Gasteiger partial charge in [-0.1, -0.05) is 30.3 Å². The van der Waals surface area contributed by atoms with Crippen LogP contribution in [-0.4, -0.2) is 35.5 Å². The number of carboxylic acids is 1. The zero-order chi connectivity index (χ0) is 18.3. The lowest BCUT2D eigenvalue weighted by atomic mass is 10.1. The average Bonchev–Trinajstić information content (AvgIpc) is 2.98. The molecule has 130 valence electrons. The molecule has 8 nitrogen and oxygen atoms in total. The Morgan fingerprint density at radius 2 is 1.92 bits per heavy atom. The molecule has 1 N–H and O–H groups in total. The number of fused-ring (bicyclic) bond motifs is 3. The first kappa shape index (κ1) is 15.9. The second kappa shape index (κ2) is 6.07. The van der Waals surface area contributed by atoms with Gasteiger partial charge in [0.1, 0.15) is 5.52 Å². The van der Waals surface area contributed by atoms with Gasteiger partial charge in [-0.25, -0.2) is 4.52 Å². The molecular weight excluding hydrogens is 334 g/mol. The molecule has 0 radical (unpaired) electrons. The monoisotopic (exact) mass is 349 g/mol. The van der Waals surface area contributed by atoms with E-state index in [0.717, 1.165) is 16.8 Å². The first-order valence-corrected chi connectivity index (χ1v) is 8.08. The zero-order valence-electron chi connectivity index (χ0n) is 14.0. The van der Waals surface area contributed by atoms with Gasteiger partial charge in [-0.3, -0.25) is 9.59 Å². The maximum Gasteiger partial charge on any atom is 0.305 e. The molecule has 8 heteroatoms. The van der Waals surface area contributed by atoms with E-state index in [9.17, 15) is 9.59 Å². The van der Waals surface area contributed by atoms with Crippen molar-refractivity contribution in [2.24, 2.45) is 0 Å². The fraction of sp³-hybridized carbons (Fsp3) is 0.167. The van der Waals surface area contributed by atoms with Crippen LogP contribution < -0.4 is 5.56 Å². The van der Waals surface area contributed by atoms with Crippen LogP contribution in [-0.2, 0) is 11.3 Å². The largest absolute Gasteiger partial charge is 0.481 e. The summed E-state index contributed by atoms with van der Waals surface area (Å²) in [5.41, 5.74) is 3.52. The van der Waals surface area contributed by atoms with Gasteiger partial charge in [0, 0.05) is 12.7 Å². The van der Waals surface area contributed by atoms with Crippen molar-refractivity contribution in [2.75, 3.05) is 0 Å². The van der Waals surface area contributed by atoms with E-state index in [-0.39, 0.29) is 24.0 Å². The molecule has 0 unspecified atom stereocenters. The number of benzene rings is 1. The van der Waals surface area contributed by atoms with Crippen LogP contribution in [0.4, 0.5) is 0 Å². The van der Waals surface area contributed by atoms with E-state index in [1.54, 1.807) is 16.8 Å². The van der Waals surface area contributed by atoms with Crippen LogP contribution >= 0.6 is 0 Å². The maximum atomic E-state index is 12.6. The predicted molar refractivity (Wildman–Crippen MR) is 95.0 cm³/mol. The van der Waals surface area contributed by atoms with Crippen molar-refractivity contribution in [3.8, 4) is 11.1 Å². The Labute approximate surface area is 147 Å². The van der Waals surface area contributed by atoms with E-state index in [1.807, 2.05) is 37.3 Å². The number of hydrogen-bond acceptors (Lipinski definition) is 5. The third-order valence-corrected chi connectivity index (χ3v) is 4.26. The number of rotatable bonds is 4. The summed E-state index contributed by atoms with van der Waals surface area (Å²) in [6.07, 6.45) is 1.42. The van der Waals surface area contributed by atoms with E-state index < -0.39 is 5.97 Å². The topological polar surface area (TPSA) is 102 Å². The van der Waals surface area contributed by atoms with Crippen molar-refractivity contribution < 1.29 is 9.90 Å². The summed E-state index contributed by atoms with van der Waals surface area (Å²) < 4.78 is 2.94. The molecule has 26 heavy (non-hydrogen) atoms. The van der Waals surface area contributed by atoms with E-state index in [4.69, 9.17) is 5.11 Å². The van der Waals surface area contributed by atoms with Crippen molar-refractivity contribution in [1.29, 1.82) is 0 Å². The summed E-state index contributed by atoms with van der Waals surface area (Å²) in [5.74, 6) is -0.964. The van der Waals surface area contributed by atoms with Gasteiger partial charge in [0.15, 0.2) is 11.2 Å². The quantitative estimate of drug-likeness (QED) is 0.603. The van der Waals surface area contributed by atoms with Gasteiger partial charge in [0.2, 0.25) is 0 Å². The van der Waals surface area contributed by atoms with Crippen molar-refractivity contribution in [2.45, 2.75) is 19.9 Å². The molecule has 0 saturated carbocycles. The summed E-state index contributed by atoms with van der Waals surface area (Å²) >= 11 is 0. The number of hydrogen-bond donors (Lipinski definition) is 1. The third-order valence-electron chi connectivity index (χ3n) is 4.26. The molecule has 0 atom stereocenters. The van der Waals surface area contributed by atoms with Crippen molar-refractivity contribution in [1.82, 2.24) is 24.4 Å². The first-order valence-electron chi connectivity index (χ1n) is 8.08. The molecule has 4 rings (SSSR count). The highest BCUT2D eigenvalue weighted by molar-refractivity contribution is 5.84. The van der Waals surface area contributed by atoms with E-state index in [2.05, 4.69) is 15.3 Å². The minimum Gasteiger partial charge on any atom is -0.481 e. The number of aliphatic carboxylic acids is 1. The molecule has 3 heterocycles. The summed E-state index contributed by atoms with van der Waals surface area (Å²) in [4.78, 5) is 23.3. The number of carboxylic acid groups (broad SMARTS) is 1. The fourth-order valence-corrected chi connectivity index (χ4v) is 3.03. The molecule has 0 bridgehead atoms. The van der Waals surface area contributed by atoms with Crippen LogP contribution in [0, 0.1) is 6.92 Å². The Balaban J connectivity index is 1.93. The first-order chi connectivity index (χ1) is 12.6. The molecule has 0 saturated heterocycles. The van der Waals surface area contributed by atoms with E-state index >= 15 is 0 Å². The van der Waals surface area contributed by atoms with Gasteiger partial charge in [-0.15, -0.1) is 10.2 Å². The van der Waals surface area contributed by atoms with Crippen LogP contribution in [0.25, 0.3) is 27.8 Å². The SMILES string of the molecule is Cc1nn2c(nnc3c(=O)n(CCC(=O)O)ccc32)c1-c1ccccc1. The Kier molecular flexibility index (Phi) is 3.72. The Bertz CT molecular complexity index is 1190. The number of nitrogens with zero attached hydrogens (tertiary/aromatic N) is 5. The lowest BCUT2D eigenvalue weighted by Gasteiger charge is -2.06. The second-order valence-corrected chi connectivity index (χ2v) is 5.95. The lowest BCUT2D eigenvalue weighted by Crippen LogP contribution is -2.22. The van der Waals surface area contributed by atoms with Crippen LogP contribution in [0.15, 0.2) is 47.4 Å². The number of aryl methyl sites for hydroxylation is 2. The predicted octanol–water partition coefficient (Wildman–Crippen LogP) is 1.89. The van der Waals surface area contributed by atoms with Crippen molar-refractivity contribution >= 4 is 22.6 Å². The molecular formula is C18H15N5O3. The van der Waals surface area contributed by atoms with Gasteiger partial charge in [0.05, 0.1) is 17.7 Å². The normalized spacial score (nSPS) is 11.3. The highest BCUT2D eigenvalue weighted by Gasteiger charge is 2.17. The number of carbonyl (C=O) groups is 1. The van der Waals surface area contributed by atoms with Crippen molar-refractivity contribution in [3.05, 3.63) is 58.6 Å². The minimum absolute atomic E-state index is 0.0806. The Morgan fingerprint density at radius 3 is 2.65 bits per heavy atom. The van der Waals surface area contributed by atoms with Gasteiger partial charge >= 0.3 is 5.97 Å². The summed E-state index contributed by atoms with van der Waals surface area (Å²) in [6, 6.07) is 11.5. The molecule has 0 aliphatic rings. The van der Waals surface area contributed by atoms with Gasteiger partial charge in [-0.05, 0) is 18.6 Å². The van der Waals surface area contributed by atoms with Gasteiger partial charge in [-0.2, -0.15) is 5.10 Å². The van der Waals surface area contributed by atoms with Crippen LogP contribution in [0.5, 0.6) is 0 Å². The van der Waals surface area contributed by atoms with E-state index in [1.165, 1.54) is 4.57 Å². The number of aromatic nitrogens is 5. The Morgan fingerprint density at radius 1 is 1.15 bits per heavy atom. The molecule has 3 aromatic heterocycles. The Hall–Kier alpha value is -3.55. The van der Waals surface area contributed by atoms with E-state index in [0.29, 0.717) is 11.2 Å². The highest BCUT2D eigenvalue weighted by atomic mass is 16.4. The molecule has 4 aromatic rings. The summed E-state index contributed by atoms with van der Waals surface area (Å²) in [7, 11) is 0. The van der Waals surface area contributed by atoms with Crippen LogP contribution in [0.3, 0.4) is 0 Å². The van der Waals surface area contributed by atoms with Gasteiger partial charge < -0.3 is 9.67 Å². The summed E-state index contributed by atoms with van der Waals surface area (Å²) in [5, 5.41) is 21.7. The molecule has 0 spiro atoms. The second-order valence-electron chi connectivity index (χ2n) is 5.95. The average molecular weight is 349 g/mol. The van der Waals surface area contributed by atoms with Crippen molar-refractivity contribution in [3.63, 3.8) is 0 Å². The standard InChI is InChI=1S/C18H15N5O3/c1-11-15(12-5-3-2-4-6-12)17-20-19-16-13(23(17)21-11)7-9-22(18(16)26)10-8-14(24)25/h2-7,9H,8,10H2,1H3,(H,24,25). The smallest absolute Gasteiger partial charge is 0.305 e. The highest BCUT2D eigenvalue weighted by Crippen LogP contribution is 2.27. The summed E-state index contributed by atoms with van der Waals surface area (Å²) in [6.45, 7) is 1.97. The molecule has 0 aliphatic heterocycles. The maximum absolute atomic E-state index is 12.6. The zero-order valence-corrected chi connectivity index (χ0v) is 14.0. The molecule has 1 aromatic carbocycles. The fourth-order valence-electron chi connectivity index (χ4n) is 3.03. The molecule has 0 aliphatic carbocycles. The third kappa shape index (κ3) is 2.52. The van der Waals surface area contributed by atoms with Crippen LogP contribution in [0.1, 0.15) is 12.1 Å². The van der Waals surface area contributed by atoms with Crippen LogP contribution in [0.2, 0.25) is 0 Å². The molecule has 0 amide bonds. The minimum atomic E-state index is -0.964.